The highest BCUT2D eigenvalue weighted by Gasteiger charge is 2.29. The molecule has 10 heteroatoms. The number of hydrogen-bond acceptors (Lipinski definition) is 4. The number of sulfonamides is 1. The molecule has 1 atom stereocenters. The number of nitrogens with one attached hydrogen (secondary N) is 1. The van der Waals surface area contributed by atoms with Crippen LogP contribution in [0.3, 0.4) is 0 Å². The van der Waals surface area contributed by atoms with E-state index in [1.807, 2.05) is 26.0 Å². The quantitative estimate of drug-likeness (QED) is 0.440. The summed E-state index contributed by atoms with van der Waals surface area (Å²) in [6.45, 7) is 4.42. The second-order valence-corrected chi connectivity index (χ2v) is 10.6. The number of rotatable bonds is 12. The van der Waals surface area contributed by atoms with Crippen molar-refractivity contribution in [3.8, 4) is 0 Å². The number of carbonyl (C=O) groups excluding carboxylic acids is 2. The number of anilines is 1. The van der Waals surface area contributed by atoms with Gasteiger partial charge in [-0.3, -0.25) is 13.9 Å². The molecule has 0 radical (unpaired) electrons. The molecule has 0 fully saturated rings. The Morgan fingerprint density at radius 3 is 2.24 bits per heavy atom. The van der Waals surface area contributed by atoms with Gasteiger partial charge in [0.15, 0.2) is 0 Å². The fourth-order valence-corrected chi connectivity index (χ4v) is 4.92. The topological polar surface area (TPSA) is 86.8 Å². The summed E-state index contributed by atoms with van der Waals surface area (Å²) < 4.78 is 25.9. The predicted molar refractivity (Wildman–Crippen MR) is 138 cm³/mol. The molecule has 0 aliphatic rings. The number of halogens is 2. The van der Waals surface area contributed by atoms with Gasteiger partial charge in [-0.15, -0.1) is 0 Å². The van der Waals surface area contributed by atoms with Crippen molar-refractivity contribution in [2.24, 2.45) is 0 Å². The normalized spacial score (nSPS) is 12.1. The minimum absolute atomic E-state index is 0.0694. The summed E-state index contributed by atoms with van der Waals surface area (Å²) in [5.41, 5.74) is 1.21. The Hall–Kier alpha value is -2.29. The van der Waals surface area contributed by atoms with E-state index in [2.05, 4.69) is 5.32 Å². The first-order valence-corrected chi connectivity index (χ1v) is 13.7. The van der Waals surface area contributed by atoms with Gasteiger partial charge in [0.25, 0.3) is 0 Å². The van der Waals surface area contributed by atoms with Gasteiger partial charge >= 0.3 is 0 Å². The van der Waals surface area contributed by atoms with E-state index < -0.39 is 16.1 Å². The van der Waals surface area contributed by atoms with Crippen molar-refractivity contribution in [1.82, 2.24) is 10.2 Å². The lowest BCUT2D eigenvalue weighted by atomic mass is 10.1. The zero-order valence-electron chi connectivity index (χ0n) is 19.6. The van der Waals surface area contributed by atoms with E-state index in [4.69, 9.17) is 23.2 Å². The molecule has 0 saturated carbocycles. The van der Waals surface area contributed by atoms with Gasteiger partial charge in [-0.05, 0) is 55.7 Å². The van der Waals surface area contributed by atoms with Crippen LogP contribution < -0.4 is 9.62 Å². The highest BCUT2D eigenvalue weighted by molar-refractivity contribution is 7.92. The van der Waals surface area contributed by atoms with Crippen molar-refractivity contribution in [1.29, 1.82) is 0 Å². The number of likely N-dealkylation sites (N-methyl/N-ethyl adjacent to an activating group) is 1. The number of carbonyl (C=O) groups is 2. The van der Waals surface area contributed by atoms with Gasteiger partial charge in [0.05, 0.1) is 11.9 Å². The Kier molecular flexibility index (Phi) is 10.7. The second-order valence-electron chi connectivity index (χ2n) is 7.85. The molecule has 0 aliphatic heterocycles. The molecule has 0 saturated heterocycles. The molecule has 0 spiro atoms. The third-order valence-corrected chi connectivity index (χ3v) is 7.12. The fraction of sp³-hybridized carbons (Fsp3) is 0.417. The van der Waals surface area contributed by atoms with Crippen LogP contribution in [0.4, 0.5) is 5.69 Å². The summed E-state index contributed by atoms with van der Waals surface area (Å²) in [5, 5.41) is 3.80. The van der Waals surface area contributed by atoms with Crippen LogP contribution in [-0.4, -0.2) is 50.5 Å². The first-order valence-electron chi connectivity index (χ1n) is 11.1. The molecule has 34 heavy (non-hydrogen) atoms. The summed E-state index contributed by atoms with van der Waals surface area (Å²) in [7, 11) is -3.56. The maximum Gasteiger partial charge on any atom is 0.242 e. The largest absolute Gasteiger partial charge is 0.355 e. The Balaban J connectivity index is 2.20. The average molecular weight is 529 g/mol. The molecule has 2 amide bonds. The van der Waals surface area contributed by atoms with Gasteiger partial charge in [-0.25, -0.2) is 8.42 Å². The van der Waals surface area contributed by atoms with E-state index >= 15 is 0 Å². The molecule has 0 unspecified atom stereocenters. The lowest BCUT2D eigenvalue weighted by Crippen LogP contribution is -2.49. The van der Waals surface area contributed by atoms with E-state index in [0.29, 0.717) is 28.7 Å². The minimum atomic E-state index is -3.56. The van der Waals surface area contributed by atoms with Crippen molar-refractivity contribution in [2.45, 2.75) is 45.7 Å². The molecule has 0 bridgehead atoms. The predicted octanol–water partition coefficient (Wildman–Crippen LogP) is 4.48. The Morgan fingerprint density at radius 2 is 1.68 bits per heavy atom. The van der Waals surface area contributed by atoms with Crippen LogP contribution in [-0.2, 0) is 26.2 Å². The summed E-state index contributed by atoms with van der Waals surface area (Å²) in [6, 6.07) is 13.0. The highest BCUT2D eigenvalue weighted by atomic mass is 35.5. The fourth-order valence-electron chi connectivity index (χ4n) is 3.63. The first kappa shape index (κ1) is 28.0. The van der Waals surface area contributed by atoms with Crippen LogP contribution in [0.2, 0.25) is 10.0 Å². The van der Waals surface area contributed by atoms with Gasteiger partial charge in [-0.2, -0.15) is 0 Å². The Bertz CT molecular complexity index is 1080. The zero-order chi connectivity index (χ0) is 25.3. The third kappa shape index (κ3) is 7.89. The molecule has 0 aliphatic carbocycles. The molecular weight excluding hydrogens is 497 g/mol. The van der Waals surface area contributed by atoms with Crippen molar-refractivity contribution in [2.75, 3.05) is 23.7 Å². The summed E-state index contributed by atoms with van der Waals surface area (Å²) in [4.78, 5) is 27.5. The monoisotopic (exact) mass is 527 g/mol. The molecule has 0 aromatic heterocycles. The molecule has 7 nitrogen and oxygen atoms in total. The van der Waals surface area contributed by atoms with Crippen LogP contribution in [0.5, 0.6) is 0 Å². The van der Waals surface area contributed by atoms with Crippen LogP contribution in [0.1, 0.15) is 38.7 Å². The van der Waals surface area contributed by atoms with E-state index in [0.717, 1.165) is 11.8 Å². The number of benzene rings is 2. The van der Waals surface area contributed by atoms with Crippen LogP contribution in [0.25, 0.3) is 0 Å². The smallest absolute Gasteiger partial charge is 0.242 e. The maximum atomic E-state index is 13.3. The average Bonchev–Trinajstić information content (AvgIpc) is 2.78. The van der Waals surface area contributed by atoms with Gasteiger partial charge in [0, 0.05) is 36.1 Å². The van der Waals surface area contributed by atoms with Crippen LogP contribution >= 0.6 is 23.2 Å². The third-order valence-electron chi connectivity index (χ3n) is 5.30. The van der Waals surface area contributed by atoms with Gasteiger partial charge in [0.2, 0.25) is 21.8 Å². The molecule has 2 aromatic rings. The minimum Gasteiger partial charge on any atom is -0.355 e. The molecule has 2 rings (SSSR count). The summed E-state index contributed by atoms with van der Waals surface area (Å²) >= 11 is 12.2. The van der Waals surface area contributed by atoms with E-state index in [9.17, 15) is 18.0 Å². The van der Waals surface area contributed by atoms with Crippen LogP contribution in [0, 0.1) is 0 Å². The molecule has 0 heterocycles. The molecule has 186 valence electrons. The van der Waals surface area contributed by atoms with Gasteiger partial charge in [-0.1, -0.05) is 48.3 Å². The lowest BCUT2D eigenvalue weighted by molar-refractivity contribution is -0.141. The number of hydrogen-bond donors (Lipinski definition) is 1. The van der Waals surface area contributed by atoms with Crippen LogP contribution in [0.15, 0.2) is 48.5 Å². The number of nitrogens with zero attached hydrogens (tertiary/aromatic N) is 2. The van der Waals surface area contributed by atoms with E-state index in [1.165, 1.54) is 9.21 Å². The lowest BCUT2D eigenvalue weighted by Gasteiger charge is -2.31. The van der Waals surface area contributed by atoms with Gasteiger partial charge < -0.3 is 10.2 Å². The number of amides is 2. The standard InChI is InChI=1S/C24H31Cl2N3O4S/c1-4-22(24(31)27-5-2)28(17-18-9-6-7-10-21(18)26)23(30)11-8-16-29(34(3,32)33)20-14-12-19(25)13-15-20/h6-7,9-10,12-15,22H,4-5,8,11,16-17H2,1-3H3,(H,27,31)/t22-/m0/s1. The Morgan fingerprint density at radius 1 is 1.03 bits per heavy atom. The van der Waals surface area contributed by atoms with E-state index in [1.54, 1.807) is 36.4 Å². The summed E-state index contributed by atoms with van der Waals surface area (Å²) in [6.07, 6.45) is 1.90. The van der Waals surface area contributed by atoms with Crippen molar-refractivity contribution in [3.63, 3.8) is 0 Å². The van der Waals surface area contributed by atoms with Gasteiger partial charge in [0.1, 0.15) is 6.04 Å². The molecule has 2 aromatic carbocycles. The van der Waals surface area contributed by atoms with Crippen molar-refractivity contribution < 1.29 is 18.0 Å². The molecular formula is C24H31Cl2N3O4S. The molecule has 1 N–H and O–H groups in total. The first-order chi connectivity index (χ1) is 16.1. The van der Waals surface area contributed by atoms with Crippen molar-refractivity contribution in [3.05, 3.63) is 64.1 Å². The maximum absolute atomic E-state index is 13.3. The Labute approximate surface area is 212 Å². The van der Waals surface area contributed by atoms with Crippen molar-refractivity contribution >= 4 is 50.7 Å². The zero-order valence-corrected chi connectivity index (χ0v) is 22.0. The highest BCUT2D eigenvalue weighted by Crippen LogP contribution is 2.23. The van der Waals surface area contributed by atoms with E-state index in [-0.39, 0.29) is 37.7 Å². The SMILES string of the molecule is CCNC(=O)[C@H](CC)N(Cc1ccccc1Cl)C(=O)CCCN(c1ccc(Cl)cc1)S(C)(=O)=O. The summed E-state index contributed by atoms with van der Waals surface area (Å²) in [5.74, 6) is -0.480. The second kappa shape index (κ2) is 13.0.